The van der Waals surface area contributed by atoms with Crippen LogP contribution in [0.5, 0.6) is 0 Å². The van der Waals surface area contributed by atoms with Gasteiger partial charge in [-0.2, -0.15) is 0 Å². The number of imidazole rings is 1. The lowest BCUT2D eigenvalue weighted by atomic mass is 10.1. The first-order valence-corrected chi connectivity index (χ1v) is 8.19. The van der Waals surface area contributed by atoms with Crippen LogP contribution in [0.2, 0.25) is 0 Å². The number of aromatic nitrogens is 2. The van der Waals surface area contributed by atoms with Crippen LogP contribution < -0.4 is 5.32 Å². The van der Waals surface area contributed by atoms with Gasteiger partial charge in [-0.15, -0.1) is 0 Å². The summed E-state index contributed by atoms with van der Waals surface area (Å²) >= 11 is 0. The summed E-state index contributed by atoms with van der Waals surface area (Å²) in [5.74, 6) is 1.79. The predicted octanol–water partition coefficient (Wildman–Crippen LogP) is 2.14. The molecule has 0 bridgehead atoms. The van der Waals surface area contributed by atoms with Gasteiger partial charge in [0.2, 0.25) is 0 Å². The Hall–Kier alpha value is -0.870. The number of likely N-dealkylation sites (tertiary alicyclic amines) is 1. The molecule has 3 rings (SSSR count). The summed E-state index contributed by atoms with van der Waals surface area (Å²) in [6.07, 6.45) is 3.86. The fraction of sp³-hybridized carbons (Fsp3) is 0.812. The van der Waals surface area contributed by atoms with Crippen molar-refractivity contribution in [3.63, 3.8) is 0 Å². The number of hydrogen-bond acceptors (Lipinski definition) is 3. The fourth-order valence-electron chi connectivity index (χ4n) is 3.60. The van der Waals surface area contributed by atoms with Crippen molar-refractivity contribution < 1.29 is 0 Å². The SMILES string of the molecule is CC(C)c1nc2c(n1CC(C)N1CCCC1)CCNC2. The second kappa shape index (κ2) is 5.86. The van der Waals surface area contributed by atoms with Gasteiger partial charge in [0.1, 0.15) is 5.82 Å². The largest absolute Gasteiger partial charge is 0.330 e. The topological polar surface area (TPSA) is 33.1 Å². The lowest BCUT2D eigenvalue weighted by molar-refractivity contribution is 0.232. The molecule has 0 aliphatic carbocycles. The molecule has 1 aromatic rings. The van der Waals surface area contributed by atoms with Crippen molar-refractivity contribution in [3.05, 3.63) is 17.2 Å². The first-order chi connectivity index (χ1) is 9.66. The van der Waals surface area contributed by atoms with Gasteiger partial charge >= 0.3 is 0 Å². The molecule has 112 valence electrons. The number of rotatable bonds is 4. The molecular weight excluding hydrogens is 248 g/mol. The predicted molar refractivity (Wildman–Crippen MR) is 82.0 cm³/mol. The Morgan fingerprint density at radius 3 is 2.65 bits per heavy atom. The summed E-state index contributed by atoms with van der Waals surface area (Å²) in [6, 6.07) is 0.628. The average molecular weight is 276 g/mol. The van der Waals surface area contributed by atoms with Crippen molar-refractivity contribution in [2.45, 2.75) is 65.1 Å². The summed E-state index contributed by atoms with van der Waals surface area (Å²) in [5.41, 5.74) is 2.77. The van der Waals surface area contributed by atoms with Crippen LogP contribution in [-0.4, -0.2) is 40.1 Å². The number of hydrogen-bond donors (Lipinski definition) is 1. The number of nitrogens with one attached hydrogen (secondary N) is 1. The summed E-state index contributed by atoms with van der Waals surface area (Å²) < 4.78 is 2.53. The van der Waals surface area contributed by atoms with Gasteiger partial charge in [0.05, 0.1) is 5.69 Å². The van der Waals surface area contributed by atoms with E-state index in [0.717, 1.165) is 26.1 Å². The van der Waals surface area contributed by atoms with E-state index >= 15 is 0 Å². The third kappa shape index (κ3) is 2.63. The molecule has 0 aromatic carbocycles. The first kappa shape index (κ1) is 14.1. The fourth-order valence-corrected chi connectivity index (χ4v) is 3.60. The minimum absolute atomic E-state index is 0.506. The first-order valence-electron chi connectivity index (χ1n) is 8.19. The zero-order valence-corrected chi connectivity index (χ0v) is 13.2. The van der Waals surface area contributed by atoms with E-state index in [1.165, 1.54) is 43.1 Å². The van der Waals surface area contributed by atoms with E-state index < -0.39 is 0 Å². The standard InChI is InChI=1S/C16H28N4/c1-12(2)16-18-14-10-17-7-6-15(14)20(16)11-13(3)19-8-4-5-9-19/h12-13,17H,4-11H2,1-3H3. The third-order valence-corrected chi connectivity index (χ3v) is 4.74. The molecule has 2 aliphatic rings. The maximum absolute atomic E-state index is 4.91. The summed E-state index contributed by atoms with van der Waals surface area (Å²) in [7, 11) is 0. The highest BCUT2D eigenvalue weighted by atomic mass is 15.2. The Kier molecular flexibility index (Phi) is 4.13. The van der Waals surface area contributed by atoms with Crippen molar-refractivity contribution in [1.29, 1.82) is 0 Å². The normalized spacial score (nSPS) is 21.4. The highest BCUT2D eigenvalue weighted by Crippen LogP contribution is 2.23. The van der Waals surface area contributed by atoms with Crippen molar-refractivity contribution >= 4 is 0 Å². The highest BCUT2D eigenvalue weighted by Gasteiger charge is 2.24. The molecule has 1 unspecified atom stereocenters. The minimum atomic E-state index is 0.506. The molecule has 3 heterocycles. The second-order valence-corrected chi connectivity index (χ2v) is 6.65. The van der Waals surface area contributed by atoms with E-state index in [9.17, 15) is 0 Å². The average Bonchev–Trinajstić information content (AvgIpc) is 3.06. The van der Waals surface area contributed by atoms with E-state index in [0.29, 0.717) is 12.0 Å². The Balaban J connectivity index is 1.84. The van der Waals surface area contributed by atoms with Gasteiger partial charge in [-0.05, 0) is 32.9 Å². The number of nitrogens with zero attached hydrogens (tertiary/aromatic N) is 3. The second-order valence-electron chi connectivity index (χ2n) is 6.65. The van der Waals surface area contributed by atoms with Crippen LogP contribution >= 0.6 is 0 Å². The van der Waals surface area contributed by atoms with Crippen LogP contribution in [0.3, 0.4) is 0 Å². The molecule has 20 heavy (non-hydrogen) atoms. The molecule has 1 N–H and O–H groups in total. The quantitative estimate of drug-likeness (QED) is 0.914. The zero-order chi connectivity index (χ0) is 14.1. The van der Waals surface area contributed by atoms with E-state index in [2.05, 4.69) is 35.6 Å². The van der Waals surface area contributed by atoms with Crippen LogP contribution in [0.4, 0.5) is 0 Å². The van der Waals surface area contributed by atoms with Crippen LogP contribution in [0, 0.1) is 0 Å². The summed E-state index contributed by atoms with van der Waals surface area (Å²) in [6.45, 7) is 12.6. The summed E-state index contributed by atoms with van der Waals surface area (Å²) in [4.78, 5) is 7.55. The van der Waals surface area contributed by atoms with Gasteiger partial charge in [0.25, 0.3) is 0 Å². The Labute approximate surface area is 122 Å². The van der Waals surface area contributed by atoms with Gasteiger partial charge in [0.15, 0.2) is 0 Å². The van der Waals surface area contributed by atoms with Gasteiger partial charge < -0.3 is 9.88 Å². The Morgan fingerprint density at radius 1 is 1.20 bits per heavy atom. The monoisotopic (exact) mass is 276 g/mol. The Morgan fingerprint density at radius 2 is 1.95 bits per heavy atom. The van der Waals surface area contributed by atoms with E-state index in [1.807, 2.05) is 0 Å². The molecule has 1 fully saturated rings. The summed E-state index contributed by atoms with van der Waals surface area (Å²) in [5, 5.41) is 3.44. The van der Waals surface area contributed by atoms with Crippen molar-refractivity contribution in [2.24, 2.45) is 0 Å². The van der Waals surface area contributed by atoms with Gasteiger partial charge in [-0.3, -0.25) is 4.90 Å². The molecule has 1 saturated heterocycles. The van der Waals surface area contributed by atoms with E-state index in [4.69, 9.17) is 4.98 Å². The van der Waals surface area contributed by atoms with Crippen LogP contribution in [-0.2, 0) is 19.5 Å². The minimum Gasteiger partial charge on any atom is -0.330 e. The molecule has 1 aromatic heterocycles. The lowest BCUT2D eigenvalue weighted by Crippen LogP contribution is -2.35. The highest BCUT2D eigenvalue weighted by molar-refractivity contribution is 5.22. The van der Waals surface area contributed by atoms with Crippen molar-refractivity contribution in [3.8, 4) is 0 Å². The molecule has 2 aliphatic heterocycles. The van der Waals surface area contributed by atoms with Crippen molar-refractivity contribution in [1.82, 2.24) is 19.8 Å². The van der Waals surface area contributed by atoms with E-state index in [1.54, 1.807) is 0 Å². The van der Waals surface area contributed by atoms with Gasteiger partial charge in [-0.1, -0.05) is 13.8 Å². The van der Waals surface area contributed by atoms with Crippen molar-refractivity contribution in [2.75, 3.05) is 19.6 Å². The molecule has 4 nitrogen and oxygen atoms in total. The molecule has 0 spiro atoms. The molecule has 0 saturated carbocycles. The molecule has 0 amide bonds. The van der Waals surface area contributed by atoms with Gasteiger partial charge in [0, 0.05) is 43.7 Å². The maximum atomic E-state index is 4.91. The van der Waals surface area contributed by atoms with Crippen LogP contribution in [0.25, 0.3) is 0 Å². The van der Waals surface area contributed by atoms with Crippen LogP contribution in [0.1, 0.15) is 56.7 Å². The number of fused-ring (bicyclic) bond motifs is 1. The Bertz CT molecular complexity index is 457. The molecule has 0 radical (unpaired) electrons. The lowest BCUT2D eigenvalue weighted by Gasteiger charge is -2.27. The van der Waals surface area contributed by atoms with E-state index in [-0.39, 0.29) is 0 Å². The van der Waals surface area contributed by atoms with Crippen LogP contribution in [0.15, 0.2) is 0 Å². The zero-order valence-electron chi connectivity index (χ0n) is 13.2. The third-order valence-electron chi connectivity index (χ3n) is 4.74. The smallest absolute Gasteiger partial charge is 0.111 e. The van der Waals surface area contributed by atoms with Gasteiger partial charge in [-0.25, -0.2) is 4.98 Å². The molecule has 1 atom stereocenters. The molecular formula is C16H28N4. The maximum Gasteiger partial charge on any atom is 0.111 e. The molecule has 4 heteroatoms.